The maximum absolute atomic E-state index is 11.3. The molecule has 10 nitrogen and oxygen atoms in total. The summed E-state index contributed by atoms with van der Waals surface area (Å²) >= 11 is 0. The Morgan fingerprint density at radius 3 is 1.65 bits per heavy atom. The van der Waals surface area contributed by atoms with Crippen LogP contribution in [0.25, 0.3) is 0 Å². The number of carbonyl (C=O) groups is 1. The molecule has 0 radical (unpaired) electrons. The van der Waals surface area contributed by atoms with E-state index in [1.807, 2.05) is 31.9 Å². The third-order valence-electron chi connectivity index (χ3n) is 5.16. The lowest BCUT2D eigenvalue weighted by molar-refractivity contribution is -0.191. The van der Waals surface area contributed by atoms with Crippen LogP contribution in [0, 0.1) is 13.8 Å². The number of aliphatic carboxylic acids is 1. The third-order valence-corrected chi connectivity index (χ3v) is 5.16. The second-order valence-electron chi connectivity index (χ2n) is 8.11. The van der Waals surface area contributed by atoms with Gasteiger partial charge in [-0.25, -0.2) is 0 Å². The Balaban J connectivity index is 0.00000182. The standard InChI is InChI=1S/C23H32N2O6.CO2/c1-15-6-17(22(30)19(8-15)13-26)10-24(3)4-5-25(12-21(28)29)11-18-7-16(2)9-20(14-27)23(18)31;2-1-3/h6-9,26-27,30-31H,4-5,10-14H2,1-3H3,(H,28,29);. The largest absolute Gasteiger partial charge is 0.507 e. The molecule has 0 bridgehead atoms. The number of carbonyl (C=O) groups excluding carboxylic acids is 2. The summed E-state index contributed by atoms with van der Waals surface area (Å²) in [7, 11) is 1.87. The van der Waals surface area contributed by atoms with E-state index in [2.05, 4.69) is 0 Å². The van der Waals surface area contributed by atoms with Gasteiger partial charge in [0.15, 0.2) is 0 Å². The number of aliphatic hydroxyl groups is 2. The third kappa shape index (κ3) is 8.93. The Morgan fingerprint density at radius 1 is 0.824 bits per heavy atom. The van der Waals surface area contributed by atoms with E-state index in [1.54, 1.807) is 23.1 Å². The number of aliphatic hydroxyl groups excluding tert-OH is 2. The first-order valence-electron chi connectivity index (χ1n) is 10.5. The van der Waals surface area contributed by atoms with E-state index in [0.717, 1.165) is 11.1 Å². The number of aromatic hydroxyl groups is 2. The SMILES string of the molecule is Cc1cc(CO)c(O)c(CN(C)CCN(CC(=O)O)Cc2cc(C)cc(CO)c2O)c1.O=C=O. The molecule has 0 atom stereocenters. The van der Waals surface area contributed by atoms with Crippen molar-refractivity contribution in [1.29, 1.82) is 0 Å². The van der Waals surface area contributed by atoms with Crippen LogP contribution in [0.5, 0.6) is 11.5 Å². The second-order valence-corrected chi connectivity index (χ2v) is 8.11. The normalized spacial score (nSPS) is 10.7. The Morgan fingerprint density at radius 2 is 1.24 bits per heavy atom. The number of hydrogen-bond donors (Lipinski definition) is 5. The fourth-order valence-corrected chi connectivity index (χ4v) is 3.68. The quantitative estimate of drug-likeness (QED) is 0.318. The number of phenols is 2. The van der Waals surface area contributed by atoms with Crippen molar-refractivity contribution in [2.75, 3.05) is 26.7 Å². The number of benzene rings is 2. The molecule has 2 aromatic carbocycles. The molecule has 0 aliphatic carbocycles. The van der Waals surface area contributed by atoms with Gasteiger partial charge in [0.1, 0.15) is 11.5 Å². The Bertz CT molecular complexity index is 1000. The van der Waals surface area contributed by atoms with E-state index in [9.17, 15) is 30.3 Å². The highest BCUT2D eigenvalue weighted by molar-refractivity contribution is 5.69. The average molecular weight is 477 g/mol. The minimum absolute atomic E-state index is 0.0157. The highest BCUT2D eigenvalue weighted by atomic mass is 16.4. The van der Waals surface area contributed by atoms with Crippen LogP contribution < -0.4 is 0 Å². The smallest absolute Gasteiger partial charge is 0.373 e. The molecule has 5 N–H and O–H groups in total. The van der Waals surface area contributed by atoms with Crippen LogP contribution in [0.3, 0.4) is 0 Å². The average Bonchev–Trinajstić information content (AvgIpc) is 2.76. The first kappa shape index (κ1) is 28.8. The van der Waals surface area contributed by atoms with Gasteiger partial charge in [0, 0.05) is 48.4 Å². The summed E-state index contributed by atoms with van der Waals surface area (Å²) in [6.07, 6.45) is 0.250. The van der Waals surface area contributed by atoms with Gasteiger partial charge in [-0.2, -0.15) is 9.59 Å². The van der Waals surface area contributed by atoms with Crippen molar-refractivity contribution in [2.45, 2.75) is 40.2 Å². The molecule has 2 rings (SSSR count). The van der Waals surface area contributed by atoms with Gasteiger partial charge in [-0.1, -0.05) is 35.4 Å². The maximum Gasteiger partial charge on any atom is 0.373 e. The summed E-state index contributed by atoms with van der Waals surface area (Å²) in [4.78, 5) is 31.3. The van der Waals surface area contributed by atoms with Crippen molar-refractivity contribution >= 4 is 12.1 Å². The molecule has 2 aromatic rings. The monoisotopic (exact) mass is 476 g/mol. The van der Waals surface area contributed by atoms with Gasteiger partial charge in [-0.15, -0.1) is 0 Å². The van der Waals surface area contributed by atoms with Gasteiger partial charge < -0.3 is 30.4 Å². The van der Waals surface area contributed by atoms with Crippen LogP contribution in [0.2, 0.25) is 0 Å². The van der Waals surface area contributed by atoms with Crippen molar-refractivity contribution < 1.29 is 39.9 Å². The molecule has 0 aromatic heterocycles. The predicted octanol–water partition coefficient (Wildman–Crippen LogP) is 1.13. The number of likely N-dealkylation sites (N-methyl/N-ethyl adjacent to an activating group) is 1. The molecule has 0 saturated carbocycles. The topological polar surface area (TPSA) is 159 Å². The van der Waals surface area contributed by atoms with Crippen LogP contribution >= 0.6 is 0 Å². The summed E-state index contributed by atoms with van der Waals surface area (Å²) in [5, 5.41) is 48.9. The van der Waals surface area contributed by atoms with Gasteiger partial charge in [0.05, 0.1) is 19.8 Å². The molecule has 0 unspecified atom stereocenters. The van der Waals surface area contributed by atoms with Gasteiger partial charge >= 0.3 is 12.1 Å². The van der Waals surface area contributed by atoms with Crippen LogP contribution in [-0.4, -0.2) is 74.1 Å². The van der Waals surface area contributed by atoms with E-state index in [4.69, 9.17) is 9.59 Å². The van der Waals surface area contributed by atoms with Gasteiger partial charge in [0.25, 0.3) is 0 Å². The first-order chi connectivity index (χ1) is 16.1. The Labute approximate surface area is 198 Å². The molecule has 34 heavy (non-hydrogen) atoms. The van der Waals surface area contributed by atoms with Crippen molar-refractivity contribution in [3.8, 4) is 11.5 Å². The van der Waals surface area contributed by atoms with Gasteiger partial charge in [-0.3, -0.25) is 9.69 Å². The molecule has 186 valence electrons. The van der Waals surface area contributed by atoms with Crippen LogP contribution in [-0.2, 0) is 40.7 Å². The lowest BCUT2D eigenvalue weighted by atomic mass is 10.0. The molecule has 0 fully saturated rings. The molecule has 0 saturated heterocycles. The fraction of sp³-hybridized carbons (Fsp3) is 0.417. The molecule has 0 aliphatic rings. The highest BCUT2D eigenvalue weighted by Gasteiger charge is 2.17. The zero-order chi connectivity index (χ0) is 25.8. The van der Waals surface area contributed by atoms with Gasteiger partial charge in [0.2, 0.25) is 0 Å². The Hall–Kier alpha value is -3.27. The number of rotatable bonds is 11. The summed E-state index contributed by atoms with van der Waals surface area (Å²) in [5.41, 5.74) is 3.96. The number of hydrogen-bond acceptors (Lipinski definition) is 9. The number of aryl methyl sites for hydroxylation is 2. The van der Waals surface area contributed by atoms with Crippen molar-refractivity contribution in [2.24, 2.45) is 0 Å². The molecular weight excluding hydrogens is 444 g/mol. The van der Waals surface area contributed by atoms with Crippen LogP contribution in [0.15, 0.2) is 24.3 Å². The van der Waals surface area contributed by atoms with Gasteiger partial charge in [-0.05, 0) is 20.9 Å². The summed E-state index contributed by atoms with van der Waals surface area (Å²) < 4.78 is 0. The van der Waals surface area contributed by atoms with E-state index in [-0.39, 0.29) is 44.0 Å². The lowest BCUT2D eigenvalue weighted by Crippen LogP contribution is -2.36. The minimum atomic E-state index is -0.971. The van der Waals surface area contributed by atoms with Crippen LogP contribution in [0.4, 0.5) is 0 Å². The zero-order valence-electron chi connectivity index (χ0n) is 19.6. The zero-order valence-corrected chi connectivity index (χ0v) is 19.6. The summed E-state index contributed by atoms with van der Waals surface area (Å²) in [6, 6.07) is 7.08. The van der Waals surface area contributed by atoms with Crippen LogP contribution in [0.1, 0.15) is 33.4 Å². The number of carboxylic acids is 1. The molecule has 0 aliphatic heterocycles. The predicted molar refractivity (Wildman–Crippen MR) is 122 cm³/mol. The second kappa shape index (κ2) is 14.1. The summed E-state index contributed by atoms with van der Waals surface area (Å²) in [6.45, 7) is 4.62. The van der Waals surface area contributed by atoms with Crippen molar-refractivity contribution in [3.63, 3.8) is 0 Å². The fourth-order valence-electron chi connectivity index (χ4n) is 3.68. The van der Waals surface area contributed by atoms with E-state index in [0.29, 0.717) is 41.9 Å². The molecule has 0 spiro atoms. The van der Waals surface area contributed by atoms with Crippen molar-refractivity contribution in [3.05, 3.63) is 57.6 Å². The van der Waals surface area contributed by atoms with E-state index < -0.39 is 5.97 Å². The molecular formula is C24H32N2O8. The van der Waals surface area contributed by atoms with E-state index in [1.165, 1.54) is 0 Å². The molecule has 0 amide bonds. The summed E-state index contributed by atoms with van der Waals surface area (Å²) in [5.74, 6) is -0.914. The molecule has 10 heteroatoms. The van der Waals surface area contributed by atoms with Crippen molar-refractivity contribution in [1.82, 2.24) is 9.80 Å². The maximum atomic E-state index is 11.3. The number of carboxylic acid groups (broad SMARTS) is 1. The minimum Gasteiger partial charge on any atom is -0.507 e. The highest BCUT2D eigenvalue weighted by Crippen LogP contribution is 2.27. The number of nitrogens with zero attached hydrogens (tertiary/aromatic N) is 2. The first-order valence-corrected chi connectivity index (χ1v) is 10.5. The Kier molecular flexibility index (Phi) is 11.9. The van der Waals surface area contributed by atoms with E-state index >= 15 is 0 Å². The molecule has 0 heterocycles. The lowest BCUT2D eigenvalue weighted by Gasteiger charge is -2.25.